The molecular formula is C65H60Cl2Zr-2. The van der Waals surface area contributed by atoms with Crippen LogP contribution in [0.4, 0.5) is 0 Å². The second-order valence-electron chi connectivity index (χ2n) is 19.4. The maximum atomic E-state index is 4.03. The molecule has 68 heavy (non-hydrogen) atoms. The Morgan fingerprint density at radius 2 is 0.912 bits per heavy atom. The molecule has 8 aromatic carbocycles. The van der Waals surface area contributed by atoms with Gasteiger partial charge in [0.05, 0.1) is 0 Å². The van der Waals surface area contributed by atoms with E-state index < -0.39 is 0 Å². The van der Waals surface area contributed by atoms with Gasteiger partial charge in [-0.15, -0.1) is 35.2 Å². The Morgan fingerprint density at radius 1 is 0.471 bits per heavy atom. The van der Waals surface area contributed by atoms with Crippen LogP contribution in [0.25, 0.3) is 55.6 Å². The number of rotatable bonds is 8. The van der Waals surface area contributed by atoms with Gasteiger partial charge in [0.25, 0.3) is 0 Å². The predicted molar refractivity (Wildman–Crippen MR) is 280 cm³/mol. The standard InChI is InChI=1S/C45H41.C15H14.C5H5.2ClH.Zr/c1-44(2,3)42-28-38-32(26-40(42)36-23-15-13-21-34(36)30-17-9-7-10-18-30)25-33-27-41(43(29-39(33)38)45(4,5)6)37-24-16-14-22-35(37)31-19-11-8-12-20-31;1-3-8-14(9-4-1)12-7-13-15-10-5-2-6-11-15;1-2-4-5-3-1;;;/h7-24,26,28-29H,25H2,1-6H3;1-6,8-11H,12-13H2;1-3H,4H2;2*1H;/q-1;;-1;;;+2/p-2. The van der Waals surface area contributed by atoms with Gasteiger partial charge in [0.2, 0.25) is 0 Å². The number of halogens is 2. The molecule has 0 spiro atoms. The molecule has 0 radical (unpaired) electrons. The molecule has 2 aliphatic rings. The molecule has 0 atom stereocenters. The van der Waals surface area contributed by atoms with E-state index >= 15 is 0 Å². The van der Waals surface area contributed by atoms with Crippen LogP contribution in [0.15, 0.2) is 206 Å². The average Bonchev–Trinajstić information content (AvgIpc) is 4.04. The van der Waals surface area contributed by atoms with Crippen molar-refractivity contribution in [3.05, 3.63) is 252 Å². The van der Waals surface area contributed by atoms with Gasteiger partial charge in [-0.05, 0) is 56.2 Å². The number of fused-ring (bicyclic) bond motifs is 3. The van der Waals surface area contributed by atoms with Crippen molar-refractivity contribution in [2.75, 3.05) is 0 Å². The Kier molecular flexibility index (Phi) is 18.1. The summed E-state index contributed by atoms with van der Waals surface area (Å²) in [5, 5.41) is 0. The molecule has 3 heteroatoms. The first-order valence-electron chi connectivity index (χ1n) is 23.4. The molecule has 0 heterocycles. The third kappa shape index (κ3) is 12.8. The summed E-state index contributed by atoms with van der Waals surface area (Å²) in [7, 11) is 0. The molecule has 0 saturated carbocycles. The van der Waals surface area contributed by atoms with Crippen molar-refractivity contribution in [1.82, 2.24) is 0 Å². The number of hydrogen-bond donors (Lipinski definition) is 0. The molecule has 0 aliphatic heterocycles. The van der Waals surface area contributed by atoms with Crippen LogP contribution < -0.4 is 24.8 Å². The molecule has 2 aliphatic carbocycles. The first-order chi connectivity index (χ1) is 31.9. The summed E-state index contributed by atoms with van der Waals surface area (Å²) in [5.74, 6) is 0. The number of hydrogen-bond acceptors (Lipinski definition) is 0. The van der Waals surface area contributed by atoms with E-state index in [1.807, 2.05) is 12.2 Å². The molecule has 0 aromatic heterocycles. The zero-order valence-electron chi connectivity index (χ0n) is 40.2. The topological polar surface area (TPSA) is 0 Å². The van der Waals surface area contributed by atoms with Gasteiger partial charge >= 0.3 is 112 Å². The van der Waals surface area contributed by atoms with Crippen LogP contribution in [0.2, 0.25) is 0 Å². The van der Waals surface area contributed by atoms with Crippen molar-refractivity contribution in [2.45, 2.75) is 78.1 Å². The molecule has 0 bridgehead atoms. The Labute approximate surface area is 434 Å². The fraction of sp³-hybridized carbons (Fsp3) is 0.185. The normalized spacial score (nSPS) is 12.0. The van der Waals surface area contributed by atoms with E-state index in [9.17, 15) is 0 Å². The molecule has 0 nitrogen and oxygen atoms in total. The van der Waals surface area contributed by atoms with Crippen molar-refractivity contribution in [3.8, 4) is 55.6 Å². The van der Waals surface area contributed by atoms with E-state index in [2.05, 4.69) is 248 Å². The molecule has 0 saturated heterocycles. The summed E-state index contributed by atoms with van der Waals surface area (Å²) < 4.78 is 1.60. The molecule has 0 fully saturated rings. The minimum atomic E-state index is -0.0468. The van der Waals surface area contributed by atoms with Crippen molar-refractivity contribution < 1.29 is 49.0 Å². The summed E-state index contributed by atoms with van der Waals surface area (Å²) in [4.78, 5) is 0. The van der Waals surface area contributed by atoms with Crippen LogP contribution >= 0.6 is 0 Å². The van der Waals surface area contributed by atoms with Crippen LogP contribution in [-0.4, -0.2) is 3.21 Å². The Hall–Kier alpha value is -5.43. The SMILES string of the molecule is CC(C)(C)c1cc2c([c-]c1-c1ccccc1-c1ccccc1)Cc1cc(-c3ccccc3-c3ccccc3)c(C(C)(C)C)cc1-2.[C-]1=CC=CC1.[Cl-].[Cl-].[Zr+2]=[C](Cc1ccccc1)Cc1ccccc1. The molecular weight excluding hydrogens is 943 g/mol. The first-order valence-corrected chi connectivity index (χ1v) is 24.6. The second-order valence-corrected chi connectivity index (χ2v) is 21.2. The third-order valence-corrected chi connectivity index (χ3v) is 13.2. The third-order valence-electron chi connectivity index (χ3n) is 12.4. The minimum absolute atomic E-state index is 0. The summed E-state index contributed by atoms with van der Waals surface area (Å²) in [6.07, 6.45) is 13.1. The van der Waals surface area contributed by atoms with Gasteiger partial charge in [0.15, 0.2) is 0 Å². The van der Waals surface area contributed by atoms with E-state index in [1.165, 1.54) is 89.0 Å². The first kappa shape index (κ1) is 52.0. The Balaban J connectivity index is 0.000000274. The van der Waals surface area contributed by atoms with E-state index in [0.29, 0.717) is 0 Å². The van der Waals surface area contributed by atoms with Crippen LogP contribution in [0, 0.1) is 12.1 Å². The van der Waals surface area contributed by atoms with Crippen LogP contribution in [0.1, 0.15) is 81.3 Å². The monoisotopic (exact) mass is 1000 g/mol. The van der Waals surface area contributed by atoms with Gasteiger partial charge < -0.3 is 24.8 Å². The van der Waals surface area contributed by atoms with Crippen molar-refractivity contribution in [3.63, 3.8) is 0 Å². The fourth-order valence-corrected chi connectivity index (χ4v) is 10.1. The van der Waals surface area contributed by atoms with Crippen molar-refractivity contribution in [1.29, 1.82) is 0 Å². The van der Waals surface area contributed by atoms with E-state index in [4.69, 9.17) is 0 Å². The van der Waals surface area contributed by atoms with Gasteiger partial charge in [0.1, 0.15) is 0 Å². The number of allylic oxidation sites excluding steroid dienone is 4. The quantitative estimate of drug-likeness (QED) is 0.133. The summed E-state index contributed by atoms with van der Waals surface area (Å²) in [5.41, 5.74) is 21.0. The number of benzene rings is 8. The molecule has 340 valence electrons. The Morgan fingerprint density at radius 3 is 1.37 bits per heavy atom. The predicted octanol–water partition coefficient (Wildman–Crippen LogP) is 10.8. The zero-order valence-corrected chi connectivity index (χ0v) is 44.2. The van der Waals surface area contributed by atoms with Crippen LogP contribution in [0.3, 0.4) is 0 Å². The summed E-state index contributed by atoms with van der Waals surface area (Å²) in [6, 6.07) is 72.2. The van der Waals surface area contributed by atoms with Gasteiger partial charge in [-0.3, -0.25) is 6.08 Å². The fourth-order valence-electron chi connectivity index (χ4n) is 9.09. The van der Waals surface area contributed by atoms with E-state index in [1.54, 1.807) is 27.4 Å². The van der Waals surface area contributed by atoms with Gasteiger partial charge in [-0.25, -0.2) is 12.2 Å². The summed E-state index contributed by atoms with van der Waals surface area (Å²) >= 11 is 1.55. The molecule has 0 unspecified atom stereocenters. The van der Waals surface area contributed by atoms with Crippen LogP contribution in [0.5, 0.6) is 0 Å². The van der Waals surface area contributed by atoms with Crippen molar-refractivity contribution in [2.24, 2.45) is 0 Å². The van der Waals surface area contributed by atoms with Crippen LogP contribution in [-0.2, 0) is 54.3 Å². The zero-order chi connectivity index (χ0) is 46.1. The maximum absolute atomic E-state index is 4.03. The van der Waals surface area contributed by atoms with E-state index in [0.717, 1.165) is 25.7 Å². The van der Waals surface area contributed by atoms with Crippen molar-refractivity contribution >= 4 is 3.21 Å². The molecule has 10 rings (SSSR count). The van der Waals surface area contributed by atoms with E-state index in [-0.39, 0.29) is 35.6 Å². The molecule has 8 aromatic rings. The second kappa shape index (κ2) is 23.7. The van der Waals surface area contributed by atoms with Gasteiger partial charge in [-0.2, -0.15) is 6.08 Å². The van der Waals surface area contributed by atoms with Gasteiger partial charge in [0, 0.05) is 0 Å². The summed E-state index contributed by atoms with van der Waals surface area (Å²) in [6.45, 7) is 14.0. The molecule has 0 amide bonds. The molecule has 0 N–H and O–H groups in total. The Bertz CT molecular complexity index is 2770. The van der Waals surface area contributed by atoms with Gasteiger partial charge in [-0.1, -0.05) is 185 Å². The average molecular weight is 1000 g/mol.